The van der Waals surface area contributed by atoms with Crippen molar-refractivity contribution in [3.63, 3.8) is 0 Å². The van der Waals surface area contributed by atoms with Gasteiger partial charge in [0.05, 0.1) is 35.6 Å². The summed E-state index contributed by atoms with van der Waals surface area (Å²) in [6, 6.07) is 3.31. The first kappa shape index (κ1) is 35.8. The first-order chi connectivity index (χ1) is 23.1. The third-order valence-corrected chi connectivity index (χ3v) is 7.34. The number of hydrogen-bond acceptors (Lipinski definition) is 9. The number of aromatic nitrogens is 5. The number of hydrogen-bond donors (Lipinski definition) is 1. The van der Waals surface area contributed by atoms with Crippen LogP contribution >= 0.6 is 0 Å². The number of rotatable bonds is 6. The van der Waals surface area contributed by atoms with E-state index in [0.717, 1.165) is 18.2 Å². The first-order valence-electron chi connectivity index (χ1n) is 14.7. The van der Waals surface area contributed by atoms with Gasteiger partial charge in [0, 0.05) is 23.7 Å². The molecule has 4 heterocycles. The summed E-state index contributed by atoms with van der Waals surface area (Å²) < 4.78 is 113. The fourth-order valence-corrected chi connectivity index (χ4v) is 4.82. The van der Waals surface area contributed by atoms with Gasteiger partial charge in [0.15, 0.2) is 5.82 Å². The van der Waals surface area contributed by atoms with E-state index in [9.17, 15) is 28.0 Å². The van der Waals surface area contributed by atoms with E-state index in [2.05, 4.69) is 25.6 Å². The summed E-state index contributed by atoms with van der Waals surface area (Å²) in [5, 5.41) is 22.5. The summed E-state index contributed by atoms with van der Waals surface area (Å²) in [5.41, 5.74) is -6.13. The number of carbonyl (C=O) groups excluding carboxylic acids is 2. The van der Waals surface area contributed by atoms with Crippen molar-refractivity contribution >= 4 is 17.7 Å². The Morgan fingerprint density at radius 3 is 2.44 bits per heavy atom. The molecule has 0 saturated carbocycles. The molecule has 19 heteroatoms. The Bertz CT molecular complexity index is 2010. The molecule has 4 aromatic rings. The van der Waals surface area contributed by atoms with Gasteiger partial charge in [0.1, 0.15) is 22.9 Å². The molecule has 50 heavy (non-hydrogen) atoms. The van der Waals surface area contributed by atoms with E-state index in [-0.39, 0.29) is 11.7 Å². The maximum atomic E-state index is 15.9. The highest BCUT2D eigenvalue weighted by Crippen LogP contribution is 2.45. The van der Waals surface area contributed by atoms with Crippen molar-refractivity contribution in [2.45, 2.75) is 76.7 Å². The lowest BCUT2D eigenvalue weighted by atomic mass is 9.96. The lowest BCUT2D eigenvalue weighted by molar-refractivity contribution is -0.137. The van der Waals surface area contributed by atoms with Crippen molar-refractivity contribution < 1.29 is 49.5 Å². The van der Waals surface area contributed by atoms with Gasteiger partial charge in [0.25, 0.3) is 11.8 Å². The van der Waals surface area contributed by atoms with Crippen LogP contribution in [0.4, 0.5) is 41.2 Å². The van der Waals surface area contributed by atoms with Gasteiger partial charge in [-0.25, -0.2) is 22.6 Å². The third-order valence-electron chi connectivity index (χ3n) is 7.34. The molecule has 1 aliphatic rings. The maximum absolute atomic E-state index is 15.9. The lowest BCUT2D eigenvalue weighted by Crippen LogP contribution is -2.50. The van der Waals surface area contributed by atoms with Gasteiger partial charge in [-0.15, -0.1) is 10.2 Å². The number of benzene rings is 1. The number of carbonyl (C=O) groups is 2. The van der Waals surface area contributed by atoms with E-state index in [1.54, 1.807) is 0 Å². The summed E-state index contributed by atoms with van der Waals surface area (Å²) in [6.07, 6.45) is -6.24. The number of anilines is 1. The Morgan fingerprint density at radius 1 is 1.14 bits per heavy atom. The van der Waals surface area contributed by atoms with Gasteiger partial charge in [-0.3, -0.25) is 4.79 Å². The predicted octanol–water partition coefficient (Wildman–Crippen LogP) is 6.34. The zero-order valence-electron chi connectivity index (χ0n) is 26.9. The topological polar surface area (TPSA) is 152 Å². The van der Waals surface area contributed by atoms with Crippen molar-refractivity contribution in [1.82, 2.24) is 30.3 Å². The van der Waals surface area contributed by atoms with Gasteiger partial charge < -0.3 is 19.4 Å². The SMILES string of the molecule is CC(C)(C)OC(=O)N[C@@H]1CC(F)(F)c2cc(F)c(-c3nnc(C(C)(C)C#N)o3)cc2N(Cc2ccc(-n3cc(C(F)(F)F)cn3)nc2F)C1=O. The highest BCUT2D eigenvalue weighted by molar-refractivity contribution is 6.00. The van der Waals surface area contributed by atoms with Crippen molar-refractivity contribution in [2.24, 2.45) is 0 Å². The molecule has 1 atom stereocenters. The van der Waals surface area contributed by atoms with E-state index in [4.69, 9.17) is 9.15 Å². The quantitative estimate of drug-likeness (QED) is 0.179. The average Bonchev–Trinajstić information content (AvgIpc) is 3.69. The summed E-state index contributed by atoms with van der Waals surface area (Å²) in [6.45, 7) is 6.53. The molecule has 1 N–H and O–H groups in total. The second-order valence-electron chi connectivity index (χ2n) is 12.8. The van der Waals surface area contributed by atoms with Crippen molar-refractivity contribution in [3.8, 4) is 23.3 Å². The number of pyridine rings is 1. The van der Waals surface area contributed by atoms with Crippen LogP contribution in [0.3, 0.4) is 0 Å². The molecule has 264 valence electrons. The molecule has 0 spiro atoms. The third kappa shape index (κ3) is 7.23. The number of alkyl carbamates (subject to hydrolysis) is 1. The van der Waals surface area contributed by atoms with Crippen LogP contribution in [0.25, 0.3) is 17.3 Å². The predicted molar refractivity (Wildman–Crippen MR) is 158 cm³/mol. The summed E-state index contributed by atoms with van der Waals surface area (Å²) in [5.74, 6) is -8.87. The lowest BCUT2D eigenvalue weighted by Gasteiger charge is -2.27. The van der Waals surface area contributed by atoms with Gasteiger partial charge in [0.2, 0.25) is 17.7 Å². The van der Waals surface area contributed by atoms with Gasteiger partial charge in [-0.1, -0.05) is 0 Å². The summed E-state index contributed by atoms with van der Waals surface area (Å²) in [7, 11) is 0. The zero-order chi connectivity index (χ0) is 37.0. The number of nitrogens with zero attached hydrogens (tertiary/aromatic N) is 7. The molecule has 5 rings (SSSR count). The molecule has 1 aromatic carbocycles. The first-order valence-corrected chi connectivity index (χ1v) is 14.7. The fraction of sp³-hybridized carbons (Fsp3) is 0.387. The van der Waals surface area contributed by atoms with Crippen LogP contribution in [-0.4, -0.2) is 48.6 Å². The van der Waals surface area contributed by atoms with Gasteiger partial charge >= 0.3 is 12.3 Å². The van der Waals surface area contributed by atoms with Crippen LogP contribution in [-0.2, 0) is 33.6 Å². The van der Waals surface area contributed by atoms with E-state index in [1.165, 1.54) is 34.6 Å². The molecular formula is C31H27F7N8O4. The van der Waals surface area contributed by atoms with Crippen LogP contribution in [0.2, 0.25) is 0 Å². The van der Waals surface area contributed by atoms with Gasteiger partial charge in [-0.2, -0.15) is 32.9 Å². The van der Waals surface area contributed by atoms with Crippen molar-refractivity contribution in [1.29, 1.82) is 5.26 Å². The molecule has 0 fully saturated rings. The molecule has 0 bridgehead atoms. The monoisotopic (exact) mass is 708 g/mol. The molecule has 0 unspecified atom stereocenters. The molecule has 0 saturated heterocycles. The smallest absolute Gasteiger partial charge is 0.419 e. The van der Waals surface area contributed by atoms with Crippen LogP contribution in [0.5, 0.6) is 0 Å². The number of fused-ring (bicyclic) bond motifs is 1. The van der Waals surface area contributed by atoms with Crippen LogP contribution in [0, 0.1) is 23.1 Å². The molecule has 0 aliphatic carbocycles. The second-order valence-corrected chi connectivity index (χ2v) is 12.8. The van der Waals surface area contributed by atoms with Crippen molar-refractivity contribution in [2.75, 3.05) is 4.90 Å². The minimum absolute atomic E-state index is 0.225. The van der Waals surface area contributed by atoms with Crippen LogP contribution < -0.4 is 10.2 Å². The molecule has 2 amide bonds. The highest BCUT2D eigenvalue weighted by Gasteiger charge is 2.47. The van der Waals surface area contributed by atoms with Crippen LogP contribution in [0.15, 0.2) is 41.1 Å². The van der Waals surface area contributed by atoms with E-state index in [0.29, 0.717) is 28.0 Å². The number of nitrogens with one attached hydrogen (secondary N) is 1. The number of nitriles is 1. The van der Waals surface area contributed by atoms with Gasteiger partial charge in [-0.05, 0) is 58.9 Å². The van der Waals surface area contributed by atoms with E-state index in [1.807, 2.05) is 6.07 Å². The zero-order valence-corrected chi connectivity index (χ0v) is 26.9. The Morgan fingerprint density at radius 2 is 1.84 bits per heavy atom. The standard InChI is InChI=1S/C31H27F7N8O4/c1-28(2,3)50-27(48)41-20-10-30(34,35)18-9-19(32)17(24-43-44-26(49-24)29(4,5)14-39)8-21(18)45(25(20)47)12-15-6-7-22(42-23(15)33)46-13-16(11-40-46)31(36,37)38/h6-9,11,13,20H,10,12H2,1-5H3,(H,41,48)/t20-/m1/s1. The number of halogens is 7. The molecular weight excluding hydrogens is 681 g/mol. The number of ether oxygens (including phenoxy) is 1. The van der Waals surface area contributed by atoms with E-state index >= 15 is 17.6 Å². The minimum atomic E-state index is -4.74. The maximum Gasteiger partial charge on any atom is 0.419 e. The highest BCUT2D eigenvalue weighted by atomic mass is 19.4. The number of alkyl halides is 5. The van der Waals surface area contributed by atoms with Crippen LogP contribution in [0.1, 0.15) is 63.6 Å². The van der Waals surface area contributed by atoms with E-state index < -0.39 is 99.7 Å². The number of amides is 2. The summed E-state index contributed by atoms with van der Waals surface area (Å²) in [4.78, 5) is 30.9. The molecule has 3 aromatic heterocycles. The Balaban J connectivity index is 1.61. The second kappa shape index (κ2) is 12.4. The summed E-state index contributed by atoms with van der Waals surface area (Å²) >= 11 is 0. The normalized spacial score (nSPS) is 16.4. The molecule has 1 aliphatic heterocycles. The average molecular weight is 709 g/mol. The molecule has 0 radical (unpaired) electrons. The Hall–Kier alpha value is -5.54. The Kier molecular flexibility index (Phi) is 8.87. The van der Waals surface area contributed by atoms with Crippen molar-refractivity contribution in [3.05, 3.63) is 71.0 Å². The minimum Gasteiger partial charge on any atom is -0.444 e. The largest absolute Gasteiger partial charge is 0.444 e. The molecule has 12 nitrogen and oxygen atoms in total. The Labute approximate surface area is 278 Å². The fourth-order valence-electron chi connectivity index (χ4n) is 4.82.